The van der Waals surface area contributed by atoms with Gasteiger partial charge in [-0.25, -0.2) is 13.1 Å². The van der Waals surface area contributed by atoms with Crippen molar-refractivity contribution in [3.05, 3.63) is 0 Å². The zero-order chi connectivity index (χ0) is 12.9. The molecule has 0 aromatic rings. The maximum atomic E-state index is 11.8. The molecule has 1 aliphatic rings. The third-order valence-electron chi connectivity index (χ3n) is 2.84. The van der Waals surface area contributed by atoms with Crippen LogP contribution in [0.15, 0.2) is 0 Å². The lowest BCUT2D eigenvalue weighted by Gasteiger charge is -2.35. The van der Waals surface area contributed by atoms with E-state index in [1.165, 1.54) is 0 Å². The van der Waals surface area contributed by atoms with Gasteiger partial charge in [0.15, 0.2) is 0 Å². The van der Waals surface area contributed by atoms with Crippen LogP contribution in [0.25, 0.3) is 0 Å². The van der Waals surface area contributed by atoms with Crippen LogP contribution in [-0.2, 0) is 14.8 Å². The Kier molecular flexibility index (Phi) is 5.70. The zero-order valence-electron chi connectivity index (χ0n) is 10.5. The summed E-state index contributed by atoms with van der Waals surface area (Å²) < 4.78 is 31.9. The van der Waals surface area contributed by atoms with Gasteiger partial charge in [-0.2, -0.15) is 0 Å². The van der Waals surface area contributed by atoms with E-state index in [1.54, 1.807) is 0 Å². The highest BCUT2D eigenvalue weighted by molar-refractivity contribution is 7.89. The fourth-order valence-corrected chi connectivity index (χ4v) is 3.63. The summed E-state index contributed by atoms with van der Waals surface area (Å²) in [6, 6.07) is -0.000230. The molecule has 0 bridgehead atoms. The third-order valence-corrected chi connectivity index (χ3v) is 4.63. The van der Waals surface area contributed by atoms with Crippen LogP contribution >= 0.6 is 11.6 Å². The summed E-state index contributed by atoms with van der Waals surface area (Å²) in [4.78, 5) is 0. The smallest absolute Gasteiger partial charge is 0.211 e. The summed E-state index contributed by atoms with van der Waals surface area (Å²) in [6.45, 7) is 4.59. The highest BCUT2D eigenvalue weighted by atomic mass is 35.5. The Balaban J connectivity index is 2.41. The van der Waals surface area contributed by atoms with Crippen LogP contribution in [0.2, 0.25) is 0 Å². The molecule has 1 rings (SSSR count). The highest BCUT2D eigenvalue weighted by Crippen LogP contribution is 2.24. The number of nitrogens with one attached hydrogen (secondary N) is 1. The predicted octanol–water partition coefficient (Wildman–Crippen LogP) is 1.88. The number of unbranched alkanes of at least 4 members (excludes halogenated alkanes) is 1. The maximum absolute atomic E-state index is 11.8. The molecule has 0 aliphatic carbocycles. The van der Waals surface area contributed by atoms with Crippen molar-refractivity contribution < 1.29 is 13.2 Å². The molecule has 102 valence electrons. The van der Waals surface area contributed by atoms with Crippen molar-refractivity contribution >= 4 is 21.6 Å². The van der Waals surface area contributed by atoms with Gasteiger partial charge in [-0.15, -0.1) is 11.6 Å². The van der Waals surface area contributed by atoms with Crippen molar-refractivity contribution in [1.29, 1.82) is 0 Å². The number of alkyl halides is 1. The van der Waals surface area contributed by atoms with Crippen molar-refractivity contribution in [3.8, 4) is 0 Å². The monoisotopic (exact) mass is 283 g/mol. The van der Waals surface area contributed by atoms with Gasteiger partial charge in [0.2, 0.25) is 10.0 Å². The Morgan fingerprint density at radius 1 is 1.41 bits per heavy atom. The van der Waals surface area contributed by atoms with E-state index < -0.39 is 10.0 Å². The minimum absolute atomic E-state index is 0.000230. The lowest BCUT2D eigenvalue weighted by Crippen LogP contribution is -2.46. The van der Waals surface area contributed by atoms with Gasteiger partial charge in [-0.3, -0.25) is 0 Å². The topological polar surface area (TPSA) is 55.4 Å². The van der Waals surface area contributed by atoms with E-state index >= 15 is 0 Å². The average Bonchev–Trinajstić information content (AvgIpc) is 2.15. The summed E-state index contributed by atoms with van der Waals surface area (Å²) in [5.41, 5.74) is -0.235. The van der Waals surface area contributed by atoms with E-state index in [0.717, 1.165) is 19.3 Å². The first-order chi connectivity index (χ1) is 7.85. The molecule has 1 heterocycles. The Hall–Kier alpha value is 0.160. The summed E-state index contributed by atoms with van der Waals surface area (Å²) in [5.74, 6) is 0.678. The number of hydrogen-bond acceptors (Lipinski definition) is 3. The van der Waals surface area contributed by atoms with Gasteiger partial charge in [-0.05, 0) is 39.5 Å². The third kappa shape index (κ3) is 6.04. The van der Waals surface area contributed by atoms with Gasteiger partial charge < -0.3 is 4.74 Å². The van der Waals surface area contributed by atoms with Crippen molar-refractivity contribution in [2.45, 2.75) is 51.2 Å². The molecule has 0 amide bonds. The SMILES string of the molecule is CC1(C)CC(NS(=O)(=O)CCCCCl)CCO1. The normalized spacial score (nSPS) is 24.8. The number of ether oxygens (including phenoxy) is 1. The minimum Gasteiger partial charge on any atom is -0.375 e. The summed E-state index contributed by atoms with van der Waals surface area (Å²) in [6.07, 6.45) is 2.83. The molecule has 1 unspecified atom stereocenters. The summed E-state index contributed by atoms with van der Waals surface area (Å²) in [5, 5.41) is 0. The molecule has 6 heteroatoms. The van der Waals surface area contributed by atoms with Crippen molar-refractivity contribution in [1.82, 2.24) is 4.72 Å². The molecule has 0 aromatic heterocycles. The molecule has 0 spiro atoms. The quantitative estimate of drug-likeness (QED) is 0.598. The minimum atomic E-state index is -3.17. The van der Waals surface area contributed by atoms with Crippen LogP contribution in [0.5, 0.6) is 0 Å². The van der Waals surface area contributed by atoms with Crippen LogP contribution in [0, 0.1) is 0 Å². The number of hydrogen-bond donors (Lipinski definition) is 1. The van der Waals surface area contributed by atoms with Crippen LogP contribution < -0.4 is 4.72 Å². The van der Waals surface area contributed by atoms with E-state index in [9.17, 15) is 8.42 Å². The Bertz CT molecular complexity index is 330. The number of halogens is 1. The first-order valence-electron chi connectivity index (χ1n) is 6.04. The number of sulfonamides is 1. The molecule has 0 saturated carbocycles. The van der Waals surface area contributed by atoms with Crippen LogP contribution in [0.1, 0.15) is 39.5 Å². The molecule has 0 aromatic carbocycles. The fourth-order valence-electron chi connectivity index (χ4n) is 2.03. The second-order valence-corrected chi connectivity index (χ2v) is 7.38. The first-order valence-corrected chi connectivity index (χ1v) is 8.23. The van der Waals surface area contributed by atoms with Gasteiger partial charge in [0, 0.05) is 18.5 Å². The molecule has 1 fully saturated rings. The summed E-state index contributed by atoms with van der Waals surface area (Å²) in [7, 11) is -3.17. The Morgan fingerprint density at radius 2 is 2.12 bits per heavy atom. The molecule has 17 heavy (non-hydrogen) atoms. The molecule has 4 nitrogen and oxygen atoms in total. The van der Waals surface area contributed by atoms with Gasteiger partial charge in [-0.1, -0.05) is 0 Å². The summed E-state index contributed by atoms with van der Waals surface area (Å²) >= 11 is 5.53. The van der Waals surface area contributed by atoms with Gasteiger partial charge in [0.05, 0.1) is 11.4 Å². The molecule has 1 atom stereocenters. The highest BCUT2D eigenvalue weighted by Gasteiger charge is 2.30. The van der Waals surface area contributed by atoms with Crippen LogP contribution in [0.4, 0.5) is 0 Å². The van der Waals surface area contributed by atoms with Crippen molar-refractivity contribution in [2.24, 2.45) is 0 Å². The van der Waals surface area contributed by atoms with Gasteiger partial charge in [0.1, 0.15) is 0 Å². The van der Waals surface area contributed by atoms with Crippen molar-refractivity contribution in [2.75, 3.05) is 18.2 Å². The molecule has 1 saturated heterocycles. The fraction of sp³-hybridized carbons (Fsp3) is 1.00. The predicted molar refractivity (Wildman–Crippen MR) is 69.9 cm³/mol. The van der Waals surface area contributed by atoms with E-state index in [4.69, 9.17) is 16.3 Å². The molecule has 1 aliphatic heterocycles. The maximum Gasteiger partial charge on any atom is 0.211 e. The largest absolute Gasteiger partial charge is 0.375 e. The number of rotatable bonds is 6. The van der Waals surface area contributed by atoms with Crippen LogP contribution in [-0.4, -0.2) is 38.3 Å². The lowest BCUT2D eigenvalue weighted by atomic mass is 9.95. The van der Waals surface area contributed by atoms with Crippen molar-refractivity contribution in [3.63, 3.8) is 0 Å². The molecule has 0 radical (unpaired) electrons. The van der Waals surface area contributed by atoms with E-state index in [1.807, 2.05) is 13.8 Å². The zero-order valence-corrected chi connectivity index (χ0v) is 12.1. The molecular formula is C11H22ClNO3S. The lowest BCUT2D eigenvalue weighted by molar-refractivity contribution is -0.0599. The second kappa shape index (κ2) is 6.36. The van der Waals surface area contributed by atoms with E-state index in [2.05, 4.69) is 4.72 Å². The second-order valence-electron chi connectivity index (χ2n) is 5.13. The Labute approximate surface area is 109 Å². The molecular weight excluding hydrogens is 262 g/mol. The molecule has 1 N–H and O–H groups in total. The van der Waals surface area contributed by atoms with E-state index in [-0.39, 0.29) is 17.4 Å². The Morgan fingerprint density at radius 3 is 2.71 bits per heavy atom. The van der Waals surface area contributed by atoms with Gasteiger partial charge in [0.25, 0.3) is 0 Å². The van der Waals surface area contributed by atoms with E-state index in [0.29, 0.717) is 18.9 Å². The van der Waals surface area contributed by atoms with Crippen LogP contribution in [0.3, 0.4) is 0 Å². The van der Waals surface area contributed by atoms with Gasteiger partial charge >= 0.3 is 0 Å². The first kappa shape index (κ1) is 15.2. The average molecular weight is 284 g/mol. The standard InChI is InChI=1S/C11H22ClNO3S/c1-11(2)9-10(5-7-16-11)13-17(14,15)8-4-3-6-12/h10,13H,3-9H2,1-2H3.